The fourth-order valence-corrected chi connectivity index (χ4v) is 9.05. The normalized spacial score (nSPS) is 25.9. The maximum absolute atomic E-state index is 14.8. The molecule has 10 nitrogen and oxygen atoms in total. The summed E-state index contributed by atoms with van der Waals surface area (Å²) in [7, 11) is 1.68. The van der Waals surface area contributed by atoms with Gasteiger partial charge in [0.05, 0.1) is 34.7 Å². The van der Waals surface area contributed by atoms with Crippen LogP contribution >= 0.6 is 27.5 Å². The van der Waals surface area contributed by atoms with Crippen molar-refractivity contribution in [2.45, 2.75) is 80.2 Å². The summed E-state index contributed by atoms with van der Waals surface area (Å²) in [5.74, 6) is -3.47. The van der Waals surface area contributed by atoms with Gasteiger partial charge in [0, 0.05) is 38.0 Å². The number of nitrogens with zero attached hydrogens (tertiary/aromatic N) is 3. The zero-order valence-corrected chi connectivity index (χ0v) is 31.5. The number of rotatable bonds is 17. The molecule has 0 saturated carbocycles. The molecule has 51 heavy (non-hydrogen) atoms. The minimum atomic E-state index is -1.32. The third-order valence-electron chi connectivity index (χ3n) is 10.4. The molecule has 2 aromatic rings. The first-order chi connectivity index (χ1) is 24.5. The summed E-state index contributed by atoms with van der Waals surface area (Å²) in [6.07, 6.45) is 4.56. The summed E-state index contributed by atoms with van der Waals surface area (Å²) in [5.41, 5.74) is -0.145. The fourth-order valence-electron chi connectivity index (χ4n) is 7.87. The molecule has 3 amide bonds. The minimum absolute atomic E-state index is 0.0164. The number of hydrogen-bond acceptors (Lipinski definition) is 7. The number of amides is 3. The molecular weight excluding hydrogens is 738 g/mol. The largest absolute Gasteiger partial charge is 0.455 e. The van der Waals surface area contributed by atoms with E-state index in [9.17, 15) is 24.3 Å². The van der Waals surface area contributed by atoms with E-state index >= 15 is 0 Å². The predicted molar refractivity (Wildman–Crippen MR) is 199 cm³/mol. The van der Waals surface area contributed by atoms with Crippen LogP contribution in [0.3, 0.4) is 0 Å². The van der Waals surface area contributed by atoms with E-state index in [0.29, 0.717) is 48.4 Å². The maximum Gasteiger partial charge on any atom is 0.313 e. The summed E-state index contributed by atoms with van der Waals surface area (Å²) < 4.78 is 13.1. The van der Waals surface area contributed by atoms with Crippen LogP contribution in [0.4, 0.5) is 5.69 Å². The zero-order chi connectivity index (χ0) is 36.9. The number of carbonyl (C=O) groups excluding carboxylic acids is 4. The molecule has 1 spiro atoms. The number of ether oxygens (including phenoxy) is 2. The van der Waals surface area contributed by atoms with Crippen molar-refractivity contribution in [1.29, 1.82) is 0 Å². The lowest BCUT2D eigenvalue weighted by molar-refractivity contribution is -0.164. The fraction of sp³-hybridized carbons (Fsp3) is 0.487. The Bertz CT molecular complexity index is 1610. The monoisotopic (exact) mass is 783 g/mol. The number of likely N-dealkylation sites (tertiary alicyclic amines) is 1. The quantitative estimate of drug-likeness (QED) is 0.0924. The van der Waals surface area contributed by atoms with Crippen LogP contribution in [0.2, 0.25) is 5.02 Å². The van der Waals surface area contributed by atoms with Crippen molar-refractivity contribution in [1.82, 2.24) is 9.80 Å². The van der Waals surface area contributed by atoms with Gasteiger partial charge in [-0.3, -0.25) is 19.2 Å². The molecule has 3 fully saturated rings. The average Bonchev–Trinajstić information content (AvgIpc) is 3.73. The molecule has 3 aliphatic rings. The number of unbranched alkanes of at least 4 members (excludes halogenated alkanes) is 2. The molecule has 0 aliphatic carbocycles. The number of likely N-dealkylation sites (N-methyl/N-ethyl adjacent to an activating group) is 1. The number of allylic oxidation sites excluding steroid dienone is 1. The van der Waals surface area contributed by atoms with Gasteiger partial charge in [0.25, 0.3) is 5.91 Å². The van der Waals surface area contributed by atoms with Crippen molar-refractivity contribution in [3.05, 3.63) is 90.5 Å². The van der Waals surface area contributed by atoms with Gasteiger partial charge in [-0.05, 0) is 56.7 Å². The second kappa shape index (κ2) is 16.9. The van der Waals surface area contributed by atoms with Gasteiger partial charge >= 0.3 is 5.97 Å². The van der Waals surface area contributed by atoms with Crippen LogP contribution in [0.1, 0.15) is 57.1 Å². The van der Waals surface area contributed by atoms with E-state index in [2.05, 4.69) is 29.1 Å². The number of hydrogen-bond donors (Lipinski definition) is 1. The lowest BCUT2D eigenvalue weighted by atomic mass is 9.70. The third-order valence-corrected chi connectivity index (χ3v) is 11.6. The van der Waals surface area contributed by atoms with Crippen molar-refractivity contribution >= 4 is 56.9 Å². The van der Waals surface area contributed by atoms with Crippen LogP contribution in [-0.2, 0) is 28.7 Å². The number of halogens is 2. The highest BCUT2D eigenvalue weighted by Gasteiger charge is 2.77. The minimum Gasteiger partial charge on any atom is -0.455 e. The highest BCUT2D eigenvalue weighted by atomic mass is 79.9. The number of aliphatic hydroxyl groups excluding tert-OH is 1. The standard InChI is InChI=1S/C39H47BrClN3O7/c1-5-7-20-30(46)42(4)25(3)33(26-16-10-8-11-17-26)50-38(49)31-32-36(47)44(22-14-9-15-23-45)35(39(32)24-27(40)34(31)51-39)37(48)43(21-6-2)29-19-13-12-18-28(29)41/h5-6,8,10-13,16-19,25,27,31-35,45H,1-2,7,9,14-15,20-24H2,3-4H3/t25-,27?,31+,32-,33+,34+,35+,39-/m0/s1. The molecule has 0 aromatic heterocycles. The first-order valence-electron chi connectivity index (χ1n) is 17.5. The van der Waals surface area contributed by atoms with Gasteiger partial charge in [-0.2, -0.15) is 0 Å². The van der Waals surface area contributed by atoms with E-state index in [1.165, 1.54) is 4.90 Å². The zero-order valence-electron chi connectivity index (χ0n) is 29.2. The second-order valence-corrected chi connectivity index (χ2v) is 15.1. The Morgan fingerprint density at radius 3 is 2.49 bits per heavy atom. The summed E-state index contributed by atoms with van der Waals surface area (Å²) in [6, 6.07) is 14.6. The lowest BCUT2D eigenvalue weighted by Gasteiger charge is -2.37. The van der Waals surface area contributed by atoms with Crippen molar-refractivity contribution in [3.8, 4) is 0 Å². The molecule has 5 rings (SSSR count). The number of alkyl halides is 1. The first kappa shape index (κ1) is 38.7. The number of aliphatic hydroxyl groups is 1. The topological polar surface area (TPSA) is 117 Å². The van der Waals surface area contributed by atoms with E-state index in [1.807, 2.05) is 37.3 Å². The first-order valence-corrected chi connectivity index (χ1v) is 18.8. The number of benzene rings is 2. The van der Waals surface area contributed by atoms with E-state index < -0.39 is 47.7 Å². The predicted octanol–water partition coefficient (Wildman–Crippen LogP) is 5.87. The summed E-state index contributed by atoms with van der Waals surface area (Å²) in [4.78, 5) is 61.4. The number of para-hydroxylation sites is 1. The van der Waals surface area contributed by atoms with Crippen molar-refractivity contribution < 1.29 is 33.8 Å². The smallest absolute Gasteiger partial charge is 0.313 e. The molecular formula is C39H47BrClN3O7. The third kappa shape index (κ3) is 7.54. The van der Waals surface area contributed by atoms with Gasteiger partial charge in [-0.1, -0.05) is 82.1 Å². The van der Waals surface area contributed by atoms with Gasteiger partial charge in [0.2, 0.25) is 11.8 Å². The van der Waals surface area contributed by atoms with Gasteiger partial charge in [-0.15, -0.1) is 13.2 Å². The Kier molecular flexibility index (Phi) is 12.8. The van der Waals surface area contributed by atoms with Crippen LogP contribution < -0.4 is 4.90 Å². The van der Waals surface area contributed by atoms with Crippen LogP contribution in [0.15, 0.2) is 79.9 Å². The molecule has 12 heteroatoms. The number of carbonyl (C=O) groups is 4. The Morgan fingerprint density at radius 2 is 1.82 bits per heavy atom. The molecule has 3 aliphatic heterocycles. The van der Waals surface area contributed by atoms with Gasteiger partial charge in [-0.25, -0.2) is 0 Å². The van der Waals surface area contributed by atoms with Crippen LogP contribution in [-0.4, -0.2) is 94.0 Å². The summed E-state index contributed by atoms with van der Waals surface area (Å²) in [5, 5.41) is 9.77. The molecule has 8 atom stereocenters. The molecule has 274 valence electrons. The second-order valence-electron chi connectivity index (χ2n) is 13.5. The molecule has 3 heterocycles. The molecule has 1 unspecified atom stereocenters. The van der Waals surface area contributed by atoms with Gasteiger partial charge in [0.15, 0.2) is 0 Å². The van der Waals surface area contributed by atoms with E-state index in [4.69, 9.17) is 21.1 Å². The molecule has 1 N–H and O–H groups in total. The summed E-state index contributed by atoms with van der Waals surface area (Å²) in [6.45, 7) is 9.79. The Hall–Kier alpha value is -3.51. The number of fused-ring (bicyclic) bond motifs is 1. The molecule has 3 saturated heterocycles. The highest BCUT2D eigenvalue weighted by molar-refractivity contribution is 9.09. The number of esters is 1. The van der Waals surface area contributed by atoms with E-state index in [1.54, 1.807) is 53.3 Å². The Labute approximate surface area is 313 Å². The van der Waals surface area contributed by atoms with E-state index in [0.717, 1.165) is 0 Å². The van der Waals surface area contributed by atoms with Crippen molar-refractivity contribution in [2.24, 2.45) is 11.8 Å². The Balaban J connectivity index is 1.51. The van der Waals surface area contributed by atoms with Crippen LogP contribution in [0, 0.1) is 11.8 Å². The lowest BCUT2D eigenvalue weighted by Crippen LogP contribution is -2.57. The SMILES string of the molecule is C=CCCC(=O)N(C)[C@@H](C)[C@@H](OC(=O)[C@H]1[C@@H]2O[C@@]3(CC2Br)[C@@H]1C(=O)N(CCCCCO)[C@@H]3C(=O)N(CC=C)c1ccccc1Cl)c1ccccc1. The number of anilines is 1. The van der Waals surface area contributed by atoms with Crippen LogP contribution in [0.25, 0.3) is 0 Å². The molecule has 2 bridgehead atoms. The highest BCUT2D eigenvalue weighted by Crippen LogP contribution is 2.60. The summed E-state index contributed by atoms with van der Waals surface area (Å²) >= 11 is 10.3. The van der Waals surface area contributed by atoms with Crippen molar-refractivity contribution in [2.75, 3.05) is 31.6 Å². The average molecular weight is 785 g/mol. The maximum atomic E-state index is 14.8. The van der Waals surface area contributed by atoms with Crippen molar-refractivity contribution in [3.63, 3.8) is 0 Å². The molecule has 2 aromatic carbocycles. The van der Waals surface area contributed by atoms with E-state index in [-0.39, 0.29) is 48.7 Å². The van der Waals surface area contributed by atoms with Gasteiger partial charge < -0.3 is 29.3 Å². The van der Waals surface area contributed by atoms with Crippen LogP contribution in [0.5, 0.6) is 0 Å². The Morgan fingerprint density at radius 1 is 1.12 bits per heavy atom. The van der Waals surface area contributed by atoms with Gasteiger partial charge in [0.1, 0.15) is 17.7 Å². The molecule has 0 radical (unpaired) electrons.